The van der Waals surface area contributed by atoms with Gasteiger partial charge in [0.15, 0.2) is 0 Å². The number of benzene rings is 1. The van der Waals surface area contributed by atoms with Crippen molar-refractivity contribution < 1.29 is 9.13 Å². The fraction of sp³-hybridized carbons (Fsp3) is 0.600. The van der Waals surface area contributed by atoms with Gasteiger partial charge in [-0.3, -0.25) is 4.90 Å². The van der Waals surface area contributed by atoms with E-state index < -0.39 is 0 Å². The van der Waals surface area contributed by atoms with Gasteiger partial charge < -0.3 is 10.1 Å². The highest BCUT2D eigenvalue weighted by atomic mass is 35.5. The number of nitrogens with zero attached hydrogens (tertiary/aromatic N) is 1. The van der Waals surface area contributed by atoms with E-state index >= 15 is 0 Å². The van der Waals surface area contributed by atoms with Gasteiger partial charge in [0.25, 0.3) is 0 Å². The Kier molecular flexibility index (Phi) is 4.26. The summed E-state index contributed by atoms with van der Waals surface area (Å²) in [6.45, 7) is 2.74. The van der Waals surface area contributed by atoms with E-state index in [0.717, 1.165) is 19.7 Å². The minimum Gasteiger partial charge on any atom is -0.373 e. The molecule has 0 saturated carbocycles. The topological polar surface area (TPSA) is 24.5 Å². The standard InChI is InChI=1S/C15H20ClFN2O/c1-18-15(12-5-4-10(16)7-13(12)17)14-8-19-6-2-3-11(19)9-20-14/h4-5,7,11,14-15,18H,2-3,6,8-9H2,1H3. The molecule has 0 aromatic heterocycles. The Bertz CT molecular complexity index is 485. The third-order valence-corrected chi connectivity index (χ3v) is 4.63. The van der Waals surface area contributed by atoms with E-state index in [9.17, 15) is 4.39 Å². The Balaban J connectivity index is 1.79. The molecular weight excluding hydrogens is 279 g/mol. The predicted octanol–water partition coefficient (Wildman–Crippen LogP) is 2.60. The number of halogens is 2. The molecule has 2 fully saturated rings. The molecule has 20 heavy (non-hydrogen) atoms. The lowest BCUT2D eigenvalue weighted by molar-refractivity contribution is -0.0647. The van der Waals surface area contributed by atoms with Gasteiger partial charge in [0, 0.05) is 23.2 Å². The predicted molar refractivity (Wildman–Crippen MR) is 77.5 cm³/mol. The van der Waals surface area contributed by atoms with Crippen LogP contribution < -0.4 is 5.32 Å². The Labute approximate surface area is 124 Å². The lowest BCUT2D eigenvalue weighted by Gasteiger charge is -2.39. The average Bonchev–Trinajstić information content (AvgIpc) is 2.89. The highest BCUT2D eigenvalue weighted by Gasteiger charge is 2.36. The van der Waals surface area contributed by atoms with Crippen molar-refractivity contribution >= 4 is 11.6 Å². The van der Waals surface area contributed by atoms with Gasteiger partial charge in [-0.25, -0.2) is 4.39 Å². The second-order valence-corrected chi connectivity index (χ2v) is 6.03. The molecule has 0 bridgehead atoms. The summed E-state index contributed by atoms with van der Waals surface area (Å²) in [5.74, 6) is -0.274. The van der Waals surface area contributed by atoms with Crippen LogP contribution in [0.4, 0.5) is 4.39 Å². The number of morpholine rings is 1. The molecule has 1 aromatic carbocycles. The zero-order valence-corrected chi connectivity index (χ0v) is 12.4. The van der Waals surface area contributed by atoms with Crippen molar-refractivity contribution in [3.05, 3.63) is 34.6 Å². The number of ether oxygens (including phenoxy) is 1. The van der Waals surface area contributed by atoms with Crippen LogP contribution in [0.3, 0.4) is 0 Å². The van der Waals surface area contributed by atoms with E-state index in [0.29, 0.717) is 16.6 Å². The van der Waals surface area contributed by atoms with Crippen LogP contribution in [0.5, 0.6) is 0 Å². The SMILES string of the molecule is CNC(c1ccc(Cl)cc1F)C1CN2CCCC2CO1. The number of rotatable bonds is 3. The molecule has 5 heteroatoms. The lowest BCUT2D eigenvalue weighted by Crippen LogP contribution is -2.50. The summed E-state index contributed by atoms with van der Waals surface area (Å²) in [5, 5.41) is 3.62. The molecule has 0 aliphatic carbocycles. The van der Waals surface area contributed by atoms with Gasteiger partial charge in [-0.15, -0.1) is 0 Å². The quantitative estimate of drug-likeness (QED) is 0.928. The fourth-order valence-corrected chi connectivity index (χ4v) is 3.50. The monoisotopic (exact) mass is 298 g/mol. The molecular formula is C15H20ClFN2O. The summed E-state index contributed by atoms with van der Waals surface area (Å²) >= 11 is 5.82. The van der Waals surface area contributed by atoms with E-state index in [2.05, 4.69) is 10.2 Å². The van der Waals surface area contributed by atoms with Gasteiger partial charge in [0.05, 0.1) is 18.8 Å². The summed E-state index contributed by atoms with van der Waals surface area (Å²) in [4.78, 5) is 2.46. The summed E-state index contributed by atoms with van der Waals surface area (Å²) in [7, 11) is 1.85. The van der Waals surface area contributed by atoms with Crippen molar-refractivity contribution in [1.29, 1.82) is 0 Å². The molecule has 0 amide bonds. The average molecular weight is 299 g/mol. The summed E-state index contributed by atoms with van der Waals surface area (Å²) < 4.78 is 20.1. The zero-order valence-electron chi connectivity index (χ0n) is 11.6. The molecule has 1 N–H and O–H groups in total. The molecule has 0 radical (unpaired) electrons. The zero-order chi connectivity index (χ0) is 14.1. The van der Waals surface area contributed by atoms with Crippen LogP contribution in [-0.2, 0) is 4.74 Å². The van der Waals surface area contributed by atoms with Gasteiger partial charge in [-0.1, -0.05) is 17.7 Å². The number of hydrogen-bond donors (Lipinski definition) is 1. The largest absolute Gasteiger partial charge is 0.373 e. The molecule has 0 spiro atoms. The van der Waals surface area contributed by atoms with E-state index in [4.69, 9.17) is 16.3 Å². The first-order chi connectivity index (χ1) is 9.69. The van der Waals surface area contributed by atoms with Crippen LogP contribution in [0.2, 0.25) is 5.02 Å². The second-order valence-electron chi connectivity index (χ2n) is 5.59. The van der Waals surface area contributed by atoms with E-state index in [1.807, 2.05) is 7.05 Å². The minimum absolute atomic E-state index is 0.0231. The van der Waals surface area contributed by atoms with Gasteiger partial charge in [-0.2, -0.15) is 0 Å². The summed E-state index contributed by atoms with van der Waals surface area (Å²) in [5.41, 5.74) is 0.625. The van der Waals surface area contributed by atoms with Crippen LogP contribution in [-0.4, -0.2) is 43.8 Å². The van der Waals surface area contributed by atoms with Crippen molar-refractivity contribution in [1.82, 2.24) is 10.2 Å². The van der Waals surface area contributed by atoms with Gasteiger partial charge in [0.2, 0.25) is 0 Å². The third kappa shape index (κ3) is 2.70. The first-order valence-electron chi connectivity index (χ1n) is 7.17. The van der Waals surface area contributed by atoms with Gasteiger partial charge in [-0.05, 0) is 38.6 Å². The number of nitrogens with one attached hydrogen (secondary N) is 1. The Hall–Kier alpha value is -0.680. The normalized spacial score (nSPS) is 28.4. The fourth-order valence-electron chi connectivity index (χ4n) is 3.34. The third-order valence-electron chi connectivity index (χ3n) is 4.40. The van der Waals surface area contributed by atoms with E-state index in [1.54, 1.807) is 12.1 Å². The van der Waals surface area contributed by atoms with Crippen molar-refractivity contribution in [3.8, 4) is 0 Å². The van der Waals surface area contributed by atoms with Crippen LogP contribution in [0.15, 0.2) is 18.2 Å². The first-order valence-corrected chi connectivity index (χ1v) is 7.54. The van der Waals surface area contributed by atoms with E-state index in [-0.39, 0.29) is 18.0 Å². The van der Waals surface area contributed by atoms with Crippen molar-refractivity contribution in [2.75, 3.05) is 26.7 Å². The molecule has 1 aromatic rings. The second kappa shape index (κ2) is 5.98. The molecule has 3 atom stereocenters. The lowest BCUT2D eigenvalue weighted by atomic mass is 9.99. The highest BCUT2D eigenvalue weighted by Crippen LogP contribution is 2.30. The molecule has 2 saturated heterocycles. The summed E-state index contributed by atoms with van der Waals surface area (Å²) in [6.07, 6.45) is 2.43. The molecule has 110 valence electrons. The van der Waals surface area contributed by atoms with Gasteiger partial charge >= 0.3 is 0 Å². The maximum absolute atomic E-state index is 14.1. The Morgan fingerprint density at radius 2 is 2.35 bits per heavy atom. The Morgan fingerprint density at radius 1 is 1.50 bits per heavy atom. The minimum atomic E-state index is -0.274. The maximum atomic E-state index is 14.1. The van der Waals surface area contributed by atoms with Gasteiger partial charge in [0.1, 0.15) is 5.82 Å². The van der Waals surface area contributed by atoms with Crippen molar-refractivity contribution in [2.24, 2.45) is 0 Å². The molecule has 3 rings (SSSR count). The maximum Gasteiger partial charge on any atom is 0.129 e. The molecule has 3 nitrogen and oxygen atoms in total. The van der Waals surface area contributed by atoms with Crippen molar-refractivity contribution in [3.63, 3.8) is 0 Å². The van der Waals surface area contributed by atoms with Crippen LogP contribution in [0, 0.1) is 5.82 Å². The van der Waals surface area contributed by atoms with Crippen LogP contribution in [0.25, 0.3) is 0 Å². The number of fused-ring (bicyclic) bond motifs is 1. The Morgan fingerprint density at radius 3 is 3.10 bits per heavy atom. The summed E-state index contributed by atoms with van der Waals surface area (Å²) in [6, 6.07) is 5.25. The number of hydrogen-bond acceptors (Lipinski definition) is 3. The first kappa shape index (κ1) is 14.3. The van der Waals surface area contributed by atoms with E-state index in [1.165, 1.54) is 18.9 Å². The molecule has 3 unspecified atom stereocenters. The number of likely N-dealkylation sites (N-methyl/N-ethyl adjacent to an activating group) is 1. The van der Waals surface area contributed by atoms with Crippen LogP contribution in [0.1, 0.15) is 24.4 Å². The molecule has 2 aliphatic heterocycles. The smallest absolute Gasteiger partial charge is 0.129 e. The van der Waals surface area contributed by atoms with Crippen molar-refractivity contribution in [2.45, 2.75) is 31.0 Å². The van der Waals surface area contributed by atoms with Crippen LogP contribution >= 0.6 is 11.6 Å². The molecule has 2 aliphatic rings. The highest BCUT2D eigenvalue weighted by molar-refractivity contribution is 6.30. The molecule has 2 heterocycles.